The van der Waals surface area contributed by atoms with Gasteiger partial charge in [-0.25, -0.2) is 0 Å². The zero-order valence-corrected chi connectivity index (χ0v) is 14.2. The van der Waals surface area contributed by atoms with Crippen molar-refractivity contribution in [2.75, 3.05) is 6.61 Å². The van der Waals surface area contributed by atoms with Gasteiger partial charge in [0.25, 0.3) is 0 Å². The molecule has 0 unspecified atom stereocenters. The zero-order chi connectivity index (χ0) is 17.2. The van der Waals surface area contributed by atoms with Crippen LogP contribution in [0, 0.1) is 0 Å². The van der Waals surface area contributed by atoms with E-state index in [0.29, 0.717) is 18.9 Å². The molecule has 0 radical (unpaired) electrons. The molecule has 0 saturated heterocycles. The largest absolute Gasteiger partial charge is 0.493 e. The summed E-state index contributed by atoms with van der Waals surface area (Å²) in [6.45, 7) is 2.56. The Bertz CT molecular complexity index is 888. The summed E-state index contributed by atoms with van der Waals surface area (Å²) >= 11 is 0. The minimum Gasteiger partial charge on any atom is -0.493 e. The second kappa shape index (κ2) is 6.59. The Morgan fingerprint density at radius 3 is 3.08 bits per heavy atom. The van der Waals surface area contributed by atoms with Crippen molar-refractivity contribution in [2.24, 2.45) is 0 Å². The first kappa shape index (κ1) is 15.7. The predicted molar refractivity (Wildman–Crippen MR) is 96.7 cm³/mol. The fraction of sp³-hybridized carbons (Fsp3) is 0.300. The van der Waals surface area contributed by atoms with E-state index in [1.54, 1.807) is 6.20 Å². The summed E-state index contributed by atoms with van der Waals surface area (Å²) in [6, 6.07) is 10.1. The summed E-state index contributed by atoms with van der Waals surface area (Å²) < 4.78 is 5.71. The highest BCUT2D eigenvalue weighted by Gasteiger charge is 2.39. The lowest BCUT2D eigenvalue weighted by Gasteiger charge is -2.08. The van der Waals surface area contributed by atoms with Gasteiger partial charge in [-0.2, -0.15) is 0 Å². The highest BCUT2D eigenvalue weighted by molar-refractivity contribution is 5.93. The highest BCUT2D eigenvalue weighted by atomic mass is 16.5. The number of hydrogen-bond donors (Lipinski definition) is 2. The summed E-state index contributed by atoms with van der Waals surface area (Å²) in [4.78, 5) is 19.8. The maximum absolute atomic E-state index is 12.5. The molecule has 5 heteroatoms. The minimum absolute atomic E-state index is 0.0450. The van der Waals surface area contributed by atoms with Crippen LogP contribution in [0.5, 0.6) is 5.75 Å². The number of fused-ring (bicyclic) bond motifs is 1. The van der Waals surface area contributed by atoms with E-state index >= 15 is 0 Å². The quantitative estimate of drug-likeness (QED) is 0.727. The Morgan fingerprint density at radius 2 is 2.28 bits per heavy atom. The van der Waals surface area contributed by atoms with Crippen molar-refractivity contribution in [1.82, 2.24) is 15.3 Å². The number of carbonyl (C=O) groups excluding carboxylic acids is 1. The van der Waals surface area contributed by atoms with Crippen LogP contribution in [0.1, 0.15) is 30.4 Å². The summed E-state index contributed by atoms with van der Waals surface area (Å²) in [5, 5.41) is 4.13. The van der Waals surface area contributed by atoms with Crippen LogP contribution in [-0.4, -0.2) is 28.5 Å². The van der Waals surface area contributed by atoms with Crippen LogP contribution in [0.3, 0.4) is 0 Å². The van der Waals surface area contributed by atoms with Gasteiger partial charge in [0.1, 0.15) is 5.75 Å². The molecule has 128 valence electrons. The topological polar surface area (TPSA) is 67.0 Å². The number of hydrogen-bond acceptors (Lipinski definition) is 3. The van der Waals surface area contributed by atoms with E-state index in [2.05, 4.69) is 21.4 Å². The first-order valence-corrected chi connectivity index (χ1v) is 8.67. The van der Waals surface area contributed by atoms with Gasteiger partial charge < -0.3 is 15.0 Å². The average Bonchev–Trinajstić information content (AvgIpc) is 3.27. The molecule has 4 rings (SSSR count). The number of aromatic nitrogens is 2. The van der Waals surface area contributed by atoms with E-state index in [1.807, 2.05) is 43.6 Å². The van der Waals surface area contributed by atoms with E-state index in [0.717, 1.165) is 28.6 Å². The first-order valence-electron chi connectivity index (χ1n) is 8.67. The molecule has 1 fully saturated rings. The fourth-order valence-corrected chi connectivity index (χ4v) is 3.38. The van der Waals surface area contributed by atoms with Gasteiger partial charge >= 0.3 is 0 Å². The number of aromatic amines is 1. The van der Waals surface area contributed by atoms with E-state index in [9.17, 15) is 4.79 Å². The molecule has 1 amide bonds. The van der Waals surface area contributed by atoms with Gasteiger partial charge in [0.05, 0.1) is 13.0 Å². The molecular formula is C20H21N3O2. The molecule has 0 bridgehead atoms. The molecule has 0 spiro atoms. The number of benzene rings is 1. The third-order valence-corrected chi connectivity index (χ3v) is 4.65. The van der Waals surface area contributed by atoms with Crippen LogP contribution in [-0.2, 0) is 11.2 Å². The van der Waals surface area contributed by atoms with Gasteiger partial charge in [-0.15, -0.1) is 0 Å². The van der Waals surface area contributed by atoms with Gasteiger partial charge in [0, 0.05) is 41.5 Å². The summed E-state index contributed by atoms with van der Waals surface area (Å²) in [7, 11) is 0. The van der Waals surface area contributed by atoms with Gasteiger partial charge in [-0.1, -0.05) is 12.1 Å². The van der Waals surface area contributed by atoms with Crippen LogP contribution in [0.4, 0.5) is 0 Å². The summed E-state index contributed by atoms with van der Waals surface area (Å²) in [6.07, 6.45) is 6.88. The first-order chi connectivity index (χ1) is 12.3. The molecule has 3 aromatic rings. The van der Waals surface area contributed by atoms with E-state index < -0.39 is 0 Å². The molecule has 2 aromatic heterocycles. The van der Waals surface area contributed by atoms with Gasteiger partial charge in [-0.05, 0) is 42.7 Å². The maximum Gasteiger partial charge on any atom is 0.224 e. The number of ether oxygens (including phenoxy) is 1. The summed E-state index contributed by atoms with van der Waals surface area (Å²) in [5.41, 5.74) is 3.15. The zero-order valence-electron chi connectivity index (χ0n) is 14.2. The molecule has 1 aromatic carbocycles. The Balaban J connectivity index is 1.44. The predicted octanol–water partition coefficient (Wildman–Crippen LogP) is 3.18. The molecular weight excluding hydrogens is 314 g/mol. The lowest BCUT2D eigenvalue weighted by Crippen LogP contribution is -2.28. The summed E-state index contributed by atoms with van der Waals surface area (Å²) in [5.74, 6) is 1.26. The normalized spacial score (nSPS) is 18.9. The van der Waals surface area contributed by atoms with Crippen molar-refractivity contribution in [2.45, 2.75) is 31.7 Å². The minimum atomic E-state index is 0.0450. The number of pyridine rings is 1. The molecule has 1 aliphatic carbocycles. The fourth-order valence-electron chi connectivity index (χ4n) is 3.38. The molecule has 1 aliphatic rings. The Morgan fingerprint density at radius 1 is 1.36 bits per heavy atom. The van der Waals surface area contributed by atoms with Crippen molar-refractivity contribution in [3.8, 4) is 5.75 Å². The van der Waals surface area contributed by atoms with Crippen LogP contribution in [0.15, 0.2) is 48.9 Å². The average molecular weight is 335 g/mol. The Hall–Kier alpha value is -2.82. The lowest BCUT2D eigenvalue weighted by atomic mass is 10.1. The number of H-pyrrole nitrogens is 1. The second-order valence-corrected chi connectivity index (χ2v) is 6.40. The standard InChI is InChI=1S/C20H21N3O2/c1-2-25-18-7-3-6-16-20(18)14(12-22-16)9-19(24)23-17-10-15(17)13-5-4-8-21-11-13/h3-8,11-12,15,17,22H,2,9-10H2,1H3,(H,23,24)/t15-,17+/m1/s1. The van der Waals surface area contributed by atoms with E-state index in [-0.39, 0.29) is 11.9 Å². The van der Waals surface area contributed by atoms with Crippen LogP contribution < -0.4 is 10.1 Å². The molecule has 2 N–H and O–H groups in total. The Labute approximate surface area is 146 Å². The Kier molecular flexibility index (Phi) is 4.14. The molecule has 1 saturated carbocycles. The van der Waals surface area contributed by atoms with Gasteiger partial charge in [0.15, 0.2) is 0 Å². The number of rotatable bonds is 6. The number of amides is 1. The third kappa shape index (κ3) is 3.22. The molecule has 2 atom stereocenters. The van der Waals surface area contributed by atoms with Gasteiger partial charge in [-0.3, -0.25) is 9.78 Å². The van der Waals surface area contributed by atoms with E-state index in [4.69, 9.17) is 4.74 Å². The SMILES string of the molecule is CCOc1cccc2[nH]cc(CC(=O)N[C@H]3C[C@@H]3c3cccnc3)c12. The highest BCUT2D eigenvalue weighted by Crippen LogP contribution is 2.40. The third-order valence-electron chi connectivity index (χ3n) is 4.65. The molecule has 2 heterocycles. The van der Waals surface area contributed by atoms with Gasteiger partial charge in [0.2, 0.25) is 5.91 Å². The van der Waals surface area contributed by atoms with Crippen LogP contribution in [0.2, 0.25) is 0 Å². The number of nitrogens with one attached hydrogen (secondary N) is 2. The lowest BCUT2D eigenvalue weighted by molar-refractivity contribution is -0.120. The molecule has 5 nitrogen and oxygen atoms in total. The van der Waals surface area contributed by atoms with Crippen molar-refractivity contribution in [3.63, 3.8) is 0 Å². The van der Waals surface area contributed by atoms with E-state index in [1.165, 1.54) is 5.56 Å². The number of nitrogens with zero attached hydrogens (tertiary/aromatic N) is 1. The van der Waals surface area contributed by atoms with Crippen molar-refractivity contribution < 1.29 is 9.53 Å². The molecule has 25 heavy (non-hydrogen) atoms. The maximum atomic E-state index is 12.5. The van der Waals surface area contributed by atoms with Crippen LogP contribution in [0.25, 0.3) is 10.9 Å². The second-order valence-electron chi connectivity index (χ2n) is 6.40. The smallest absolute Gasteiger partial charge is 0.224 e. The number of carbonyl (C=O) groups is 1. The van der Waals surface area contributed by atoms with Crippen molar-refractivity contribution >= 4 is 16.8 Å². The van der Waals surface area contributed by atoms with Crippen molar-refractivity contribution in [3.05, 3.63) is 60.0 Å². The monoisotopic (exact) mass is 335 g/mol. The molecule has 0 aliphatic heterocycles. The van der Waals surface area contributed by atoms with Crippen LogP contribution >= 0.6 is 0 Å². The van der Waals surface area contributed by atoms with Crippen molar-refractivity contribution in [1.29, 1.82) is 0 Å².